The van der Waals surface area contributed by atoms with Gasteiger partial charge in [0.05, 0.1) is 5.69 Å². The number of fused-ring (bicyclic) bond motifs is 1. The van der Waals surface area contributed by atoms with E-state index in [2.05, 4.69) is 5.32 Å². The second kappa shape index (κ2) is 8.17. The number of nitrogens with one attached hydrogen (secondary N) is 1. The van der Waals surface area contributed by atoms with Crippen LogP contribution in [0.15, 0.2) is 54.1 Å². The summed E-state index contributed by atoms with van der Waals surface area (Å²) in [5.74, 6) is -1.16. The minimum absolute atomic E-state index is 0.0451. The van der Waals surface area contributed by atoms with Crippen LogP contribution in [0.1, 0.15) is 27.3 Å². The fraction of sp³-hybridized carbons (Fsp3) is 0.120. The summed E-state index contributed by atoms with van der Waals surface area (Å²) in [6.45, 7) is 3.76. The molecule has 10 heteroatoms. The number of anilines is 1. The summed E-state index contributed by atoms with van der Waals surface area (Å²) in [5, 5.41) is 2.22. The number of nitrogens with two attached hydrogens (primary N) is 1. The molecule has 2 aliphatic heterocycles. The summed E-state index contributed by atoms with van der Waals surface area (Å²) in [5.41, 5.74) is 8.77. The maximum Gasteiger partial charge on any atom is 0.335 e. The van der Waals surface area contributed by atoms with Crippen molar-refractivity contribution >= 4 is 35.5 Å². The van der Waals surface area contributed by atoms with E-state index < -0.39 is 23.8 Å². The summed E-state index contributed by atoms with van der Waals surface area (Å²) >= 11 is 0. The highest BCUT2D eigenvalue weighted by molar-refractivity contribution is 6.39. The molecule has 35 heavy (non-hydrogen) atoms. The molecule has 10 nitrogen and oxygen atoms in total. The number of nitrogens with zero attached hydrogens (tertiary/aromatic N) is 2. The number of ether oxygens (including phenoxy) is 2. The minimum Gasteiger partial charge on any atom is -0.454 e. The maximum atomic E-state index is 13.3. The number of benzene rings is 2. The summed E-state index contributed by atoms with van der Waals surface area (Å²) in [6, 6.07) is 12.4. The van der Waals surface area contributed by atoms with E-state index in [0.717, 1.165) is 22.0 Å². The third-order valence-corrected chi connectivity index (χ3v) is 5.90. The van der Waals surface area contributed by atoms with Gasteiger partial charge < -0.3 is 19.8 Å². The van der Waals surface area contributed by atoms with E-state index in [1.54, 1.807) is 36.4 Å². The Morgan fingerprint density at radius 2 is 1.66 bits per heavy atom. The van der Waals surface area contributed by atoms with E-state index in [-0.39, 0.29) is 18.1 Å². The summed E-state index contributed by atoms with van der Waals surface area (Å²) in [6.07, 6.45) is 1.46. The zero-order valence-electron chi connectivity index (χ0n) is 18.8. The Labute approximate surface area is 199 Å². The van der Waals surface area contributed by atoms with Gasteiger partial charge in [0.2, 0.25) is 12.7 Å². The van der Waals surface area contributed by atoms with E-state index in [1.165, 1.54) is 12.1 Å². The fourth-order valence-corrected chi connectivity index (χ4v) is 4.18. The molecular formula is C25H20N4O6. The molecule has 3 aromatic rings. The van der Waals surface area contributed by atoms with Gasteiger partial charge in [0.15, 0.2) is 11.5 Å². The first kappa shape index (κ1) is 22.0. The van der Waals surface area contributed by atoms with Crippen molar-refractivity contribution in [2.45, 2.75) is 13.8 Å². The number of urea groups is 1. The van der Waals surface area contributed by atoms with Crippen LogP contribution in [-0.4, -0.2) is 35.1 Å². The van der Waals surface area contributed by atoms with Gasteiger partial charge in [-0.25, -0.2) is 9.69 Å². The number of aromatic nitrogens is 1. The number of carbonyl (C=O) groups is 4. The predicted octanol–water partition coefficient (Wildman–Crippen LogP) is 2.59. The van der Waals surface area contributed by atoms with Gasteiger partial charge in [-0.2, -0.15) is 0 Å². The number of aryl methyl sites for hydroxylation is 1. The van der Waals surface area contributed by atoms with Crippen molar-refractivity contribution in [3.05, 3.63) is 76.6 Å². The second-order valence-electron chi connectivity index (χ2n) is 8.07. The van der Waals surface area contributed by atoms with E-state index in [9.17, 15) is 19.2 Å². The average molecular weight is 472 g/mol. The van der Waals surface area contributed by atoms with Crippen LogP contribution < -0.4 is 25.4 Å². The van der Waals surface area contributed by atoms with Crippen molar-refractivity contribution in [1.29, 1.82) is 0 Å². The minimum atomic E-state index is -0.851. The number of carbonyl (C=O) groups excluding carboxylic acids is 4. The van der Waals surface area contributed by atoms with Gasteiger partial charge in [-0.3, -0.25) is 19.7 Å². The highest BCUT2D eigenvalue weighted by Crippen LogP contribution is 2.36. The van der Waals surface area contributed by atoms with Crippen molar-refractivity contribution in [3.63, 3.8) is 0 Å². The number of rotatable bonds is 4. The fourth-order valence-electron chi connectivity index (χ4n) is 4.18. The number of amides is 5. The van der Waals surface area contributed by atoms with Gasteiger partial charge in [0, 0.05) is 28.7 Å². The molecule has 3 heterocycles. The van der Waals surface area contributed by atoms with E-state index in [0.29, 0.717) is 22.6 Å². The predicted molar refractivity (Wildman–Crippen MR) is 125 cm³/mol. The lowest BCUT2D eigenvalue weighted by molar-refractivity contribution is -0.122. The number of barbiturate groups is 1. The standard InChI is InChI=1S/C25H20N4O6/c1-13-9-16(14(2)28(13)17-5-3-15(4-6-17)22(26)30)10-19-23(31)27-25(33)29(24(19)32)18-7-8-20-21(11-18)35-12-34-20/h3-11H,12H2,1-2H3,(H2,26,30)(H,27,31,33)/b19-10+. The SMILES string of the molecule is Cc1cc(/C=C2\C(=O)NC(=O)N(c3ccc4c(c3)OCO4)C2=O)c(C)n1-c1ccc(C(N)=O)cc1. The molecule has 1 fully saturated rings. The molecule has 0 radical (unpaired) electrons. The lowest BCUT2D eigenvalue weighted by atomic mass is 10.1. The van der Waals surface area contributed by atoms with Crippen LogP contribution >= 0.6 is 0 Å². The molecule has 2 aliphatic rings. The van der Waals surface area contributed by atoms with E-state index in [4.69, 9.17) is 15.2 Å². The molecule has 0 unspecified atom stereocenters. The molecule has 0 atom stereocenters. The topological polar surface area (TPSA) is 133 Å². The summed E-state index contributed by atoms with van der Waals surface area (Å²) in [4.78, 5) is 50.7. The Bertz CT molecular complexity index is 1450. The number of hydrogen-bond donors (Lipinski definition) is 2. The first-order chi connectivity index (χ1) is 16.7. The maximum absolute atomic E-state index is 13.3. The van der Waals surface area contributed by atoms with Crippen molar-refractivity contribution in [3.8, 4) is 17.2 Å². The van der Waals surface area contributed by atoms with Crippen LogP contribution in [0.2, 0.25) is 0 Å². The monoisotopic (exact) mass is 472 g/mol. The van der Waals surface area contributed by atoms with Crippen LogP contribution in [0.5, 0.6) is 11.5 Å². The third-order valence-electron chi connectivity index (χ3n) is 5.90. The van der Waals surface area contributed by atoms with Crippen LogP contribution in [0.25, 0.3) is 11.8 Å². The lowest BCUT2D eigenvalue weighted by Gasteiger charge is -2.26. The zero-order valence-corrected chi connectivity index (χ0v) is 18.8. The van der Waals surface area contributed by atoms with Crippen molar-refractivity contribution < 1.29 is 28.7 Å². The zero-order chi connectivity index (χ0) is 24.9. The van der Waals surface area contributed by atoms with Gasteiger partial charge in [-0.05, 0) is 68.0 Å². The molecule has 0 spiro atoms. The molecule has 1 saturated heterocycles. The smallest absolute Gasteiger partial charge is 0.335 e. The van der Waals surface area contributed by atoms with E-state index >= 15 is 0 Å². The van der Waals surface area contributed by atoms with Gasteiger partial charge in [-0.15, -0.1) is 0 Å². The van der Waals surface area contributed by atoms with Crippen molar-refractivity contribution in [1.82, 2.24) is 9.88 Å². The first-order valence-corrected chi connectivity index (χ1v) is 10.6. The van der Waals surface area contributed by atoms with Crippen molar-refractivity contribution in [2.24, 2.45) is 5.73 Å². The molecule has 0 aliphatic carbocycles. The summed E-state index contributed by atoms with van der Waals surface area (Å²) in [7, 11) is 0. The summed E-state index contributed by atoms with van der Waals surface area (Å²) < 4.78 is 12.5. The average Bonchev–Trinajstić information content (AvgIpc) is 3.39. The molecule has 3 N–H and O–H groups in total. The number of primary amides is 1. The molecule has 176 valence electrons. The van der Waals surface area contributed by atoms with Gasteiger partial charge in [0.25, 0.3) is 11.8 Å². The highest BCUT2D eigenvalue weighted by atomic mass is 16.7. The van der Waals surface area contributed by atoms with Crippen LogP contribution in [-0.2, 0) is 9.59 Å². The lowest BCUT2D eigenvalue weighted by Crippen LogP contribution is -2.54. The Kier molecular flexibility index (Phi) is 5.13. The Morgan fingerprint density at radius 1 is 0.971 bits per heavy atom. The largest absolute Gasteiger partial charge is 0.454 e. The molecular weight excluding hydrogens is 452 g/mol. The van der Waals surface area contributed by atoms with Gasteiger partial charge in [-0.1, -0.05) is 0 Å². The molecule has 1 aromatic heterocycles. The third kappa shape index (κ3) is 3.70. The van der Waals surface area contributed by atoms with Crippen molar-refractivity contribution in [2.75, 3.05) is 11.7 Å². The molecule has 2 aromatic carbocycles. The van der Waals surface area contributed by atoms with Gasteiger partial charge >= 0.3 is 6.03 Å². The number of hydrogen-bond acceptors (Lipinski definition) is 6. The number of imide groups is 2. The van der Waals surface area contributed by atoms with Gasteiger partial charge in [0.1, 0.15) is 5.57 Å². The van der Waals surface area contributed by atoms with Crippen LogP contribution in [0, 0.1) is 13.8 Å². The second-order valence-corrected chi connectivity index (χ2v) is 8.07. The van der Waals surface area contributed by atoms with Crippen LogP contribution in [0.4, 0.5) is 10.5 Å². The Morgan fingerprint density at radius 3 is 2.37 bits per heavy atom. The normalized spacial score (nSPS) is 16.1. The molecule has 0 saturated carbocycles. The molecule has 5 amide bonds. The Balaban J connectivity index is 1.51. The molecule has 0 bridgehead atoms. The molecule has 5 rings (SSSR count). The van der Waals surface area contributed by atoms with E-state index in [1.807, 2.05) is 24.5 Å². The first-order valence-electron chi connectivity index (χ1n) is 10.6. The highest BCUT2D eigenvalue weighted by Gasteiger charge is 2.37. The van der Waals surface area contributed by atoms with Crippen LogP contribution in [0.3, 0.4) is 0 Å². The Hall–Kier alpha value is -4.86. The quantitative estimate of drug-likeness (QED) is 0.443.